The molecule has 0 radical (unpaired) electrons. The van der Waals surface area contributed by atoms with Crippen LogP contribution < -0.4 is 0 Å². The van der Waals surface area contributed by atoms with Crippen molar-refractivity contribution < 1.29 is 9.52 Å². The molecule has 12 heavy (non-hydrogen) atoms. The summed E-state index contributed by atoms with van der Waals surface area (Å²) in [6.45, 7) is 4.40. The first-order valence-corrected chi connectivity index (χ1v) is 4.40. The van der Waals surface area contributed by atoms with Crippen LogP contribution in [0.4, 0.5) is 0 Å². The molecule has 0 fully saturated rings. The third-order valence-electron chi connectivity index (χ3n) is 1.97. The summed E-state index contributed by atoms with van der Waals surface area (Å²) in [5, 5.41) is 8.88. The summed E-state index contributed by atoms with van der Waals surface area (Å²) in [4.78, 5) is 0. The maximum Gasteiger partial charge on any atom is 0.132 e. The van der Waals surface area contributed by atoms with E-state index < -0.39 is 0 Å². The zero-order valence-corrected chi connectivity index (χ0v) is 7.71. The van der Waals surface area contributed by atoms with E-state index in [-0.39, 0.29) is 6.61 Å². The van der Waals surface area contributed by atoms with Gasteiger partial charge in [0.25, 0.3) is 0 Å². The van der Waals surface area contributed by atoms with Crippen molar-refractivity contribution in [3.8, 4) is 0 Å². The van der Waals surface area contributed by atoms with Crippen LogP contribution in [0.15, 0.2) is 16.7 Å². The first kappa shape index (κ1) is 9.33. The van der Waals surface area contributed by atoms with Gasteiger partial charge in [0.2, 0.25) is 0 Å². The number of rotatable bonds is 4. The number of furan rings is 1. The lowest BCUT2D eigenvalue weighted by Gasteiger charge is -2.03. The second-order valence-corrected chi connectivity index (χ2v) is 3.46. The van der Waals surface area contributed by atoms with Crippen LogP contribution in [-0.4, -0.2) is 5.11 Å². The molecule has 1 aromatic rings. The number of aryl methyl sites for hydroxylation is 1. The lowest BCUT2D eigenvalue weighted by atomic mass is 10.0. The quantitative estimate of drug-likeness (QED) is 0.748. The van der Waals surface area contributed by atoms with Crippen LogP contribution in [0.5, 0.6) is 0 Å². The average molecular weight is 168 g/mol. The van der Waals surface area contributed by atoms with Crippen molar-refractivity contribution >= 4 is 0 Å². The first-order valence-electron chi connectivity index (χ1n) is 4.40. The predicted molar refractivity (Wildman–Crippen MR) is 47.8 cm³/mol. The highest BCUT2D eigenvalue weighted by Crippen LogP contribution is 2.14. The SMILES string of the molecule is CC(C)CCc1ccoc1CO. The summed E-state index contributed by atoms with van der Waals surface area (Å²) in [5.74, 6) is 1.42. The number of aliphatic hydroxyl groups is 1. The Morgan fingerprint density at radius 1 is 1.50 bits per heavy atom. The molecule has 0 bridgehead atoms. The molecule has 1 rings (SSSR count). The van der Waals surface area contributed by atoms with Crippen LogP contribution in [-0.2, 0) is 13.0 Å². The molecule has 1 aromatic heterocycles. The van der Waals surface area contributed by atoms with Crippen LogP contribution in [0.1, 0.15) is 31.6 Å². The fourth-order valence-corrected chi connectivity index (χ4v) is 1.17. The van der Waals surface area contributed by atoms with E-state index in [1.807, 2.05) is 6.07 Å². The van der Waals surface area contributed by atoms with Gasteiger partial charge in [0, 0.05) is 0 Å². The molecule has 0 spiro atoms. The molecule has 0 saturated carbocycles. The van der Waals surface area contributed by atoms with Gasteiger partial charge >= 0.3 is 0 Å². The summed E-state index contributed by atoms with van der Waals surface area (Å²) >= 11 is 0. The predicted octanol–water partition coefficient (Wildman–Crippen LogP) is 2.36. The van der Waals surface area contributed by atoms with Gasteiger partial charge in [-0.05, 0) is 30.4 Å². The van der Waals surface area contributed by atoms with Crippen molar-refractivity contribution in [2.75, 3.05) is 0 Å². The summed E-state index contributed by atoms with van der Waals surface area (Å²) in [6.07, 6.45) is 3.79. The van der Waals surface area contributed by atoms with E-state index in [1.165, 1.54) is 0 Å². The van der Waals surface area contributed by atoms with Crippen LogP contribution >= 0.6 is 0 Å². The first-order chi connectivity index (χ1) is 5.74. The van der Waals surface area contributed by atoms with Gasteiger partial charge < -0.3 is 9.52 Å². The highest BCUT2D eigenvalue weighted by molar-refractivity contribution is 5.16. The van der Waals surface area contributed by atoms with E-state index in [2.05, 4.69) is 13.8 Å². The summed E-state index contributed by atoms with van der Waals surface area (Å²) in [7, 11) is 0. The Hall–Kier alpha value is -0.760. The van der Waals surface area contributed by atoms with Gasteiger partial charge in [-0.15, -0.1) is 0 Å². The van der Waals surface area contributed by atoms with Gasteiger partial charge in [-0.2, -0.15) is 0 Å². The van der Waals surface area contributed by atoms with E-state index in [1.54, 1.807) is 6.26 Å². The molecule has 0 atom stereocenters. The minimum Gasteiger partial charge on any atom is -0.467 e. The van der Waals surface area contributed by atoms with E-state index in [4.69, 9.17) is 9.52 Å². The second-order valence-electron chi connectivity index (χ2n) is 3.46. The minimum atomic E-state index is 0.0143. The van der Waals surface area contributed by atoms with E-state index in [0.29, 0.717) is 5.92 Å². The van der Waals surface area contributed by atoms with E-state index in [0.717, 1.165) is 24.2 Å². The third-order valence-corrected chi connectivity index (χ3v) is 1.97. The van der Waals surface area contributed by atoms with Crippen LogP contribution in [0, 0.1) is 5.92 Å². The molecule has 2 nitrogen and oxygen atoms in total. The molecule has 0 saturated heterocycles. The number of aliphatic hydroxyl groups excluding tert-OH is 1. The molecule has 0 unspecified atom stereocenters. The van der Waals surface area contributed by atoms with Gasteiger partial charge in [0.15, 0.2) is 0 Å². The van der Waals surface area contributed by atoms with Crippen molar-refractivity contribution in [1.82, 2.24) is 0 Å². The molecule has 0 aromatic carbocycles. The maximum absolute atomic E-state index is 8.88. The fraction of sp³-hybridized carbons (Fsp3) is 0.600. The summed E-state index contributed by atoms with van der Waals surface area (Å²) < 4.78 is 5.10. The van der Waals surface area contributed by atoms with Gasteiger partial charge in [-0.25, -0.2) is 0 Å². The molecule has 0 aliphatic heterocycles. The summed E-state index contributed by atoms with van der Waals surface area (Å²) in [6, 6.07) is 1.94. The largest absolute Gasteiger partial charge is 0.467 e. The number of hydrogen-bond donors (Lipinski definition) is 1. The lowest BCUT2D eigenvalue weighted by Crippen LogP contribution is -1.94. The average Bonchev–Trinajstić information content (AvgIpc) is 2.47. The molecule has 1 N–H and O–H groups in total. The zero-order chi connectivity index (χ0) is 8.97. The molecule has 2 heteroatoms. The smallest absolute Gasteiger partial charge is 0.132 e. The zero-order valence-electron chi connectivity index (χ0n) is 7.71. The normalized spacial score (nSPS) is 11.0. The molecule has 0 aliphatic carbocycles. The van der Waals surface area contributed by atoms with Crippen molar-refractivity contribution in [2.24, 2.45) is 5.92 Å². The summed E-state index contributed by atoms with van der Waals surface area (Å²) in [5.41, 5.74) is 1.14. The Balaban J connectivity index is 2.50. The Morgan fingerprint density at radius 3 is 2.83 bits per heavy atom. The van der Waals surface area contributed by atoms with Crippen molar-refractivity contribution in [3.63, 3.8) is 0 Å². The van der Waals surface area contributed by atoms with Crippen molar-refractivity contribution in [2.45, 2.75) is 33.3 Å². The fourth-order valence-electron chi connectivity index (χ4n) is 1.17. The maximum atomic E-state index is 8.88. The van der Waals surface area contributed by atoms with E-state index >= 15 is 0 Å². The Morgan fingerprint density at radius 2 is 2.25 bits per heavy atom. The highest BCUT2D eigenvalue weighted by Gasteiger charge is 2.05. The van der Waals surface area contributed by atoms with Crippen molar-refractivity contribution in [3.05, 3.63) is 23.7 Å². The van der Waals surface area contributed by atoms with Gasteiger partial charge in [0.05, 0.1) is 6.26 Å². The topological polar surface area (TPSA) is 33.4 Å². The molecule has 1 heterocycles. The molecule has 68 valence electrons. The Labute approximate surface area is 73.2 Å². The molecular weight excluding hydrogens is 152 g/mol. The highest BCUT2D eigenvalue weighted by atomic mass is 16.4. The Bertz CT molecular complexity index is 225. The minimum absolute atomic E-state index is 0.0143. The molecule has 0 amide bonds. The number of hydrogen-bond acceptors (Lipinski definition) is 2. The van der Waals surface area contributed by atoms with E-state index in [9.17, 15) is 0 Å². The standard InChI is InChI=1S/C10H16O2/c1-8(2)3-4-9-5-6-12-10(9)7-11/h5-6,8,11H,3-4,7H2,1-2H3. The monoisotopic (exact) mass is 168 g/mol. The van der Waals surface area contributed by atoms with Crippen molar-refractivity contribution in [1.29, 1.82) is 0 Å². The van der Waals surface area contributed by atoms with Gasteiger partial charge in [-0.1, -0.05) is 13.8 Å². The van der Waals surface area contributed by atoms with Crippen LogP contribution in [0.3, 0.4) is 0 Å². The van der Waals surface area contributed by atoms with Crippen LogP contribution in [0.2, 0.25) is 0 Å². The molecular formula is C10H16O2. The van der Waals surface area contributed by atoms with Gasteiger partial charge in [0.1, 0.15) is 12.4 Å². The third kappa shape index (κ3) is 2.38. The molecule has 0 aliphatic rings. The Kier molecular flexibility index (Phi) is 3.35. The van der Waals surface area contributed by atoms with Crippen LogP contribution in [0.25, 0.3) is 0 Å². The second kappa shape index (κ2) is 4.31. The van der Waals surface area contributed by atoms with Gasteiger partial charge in [-0.3, -0.25) is 0 Å². The lowest BCUT2D eigenvalue weighted by molar-refractivity contribution is 0.245.